The van der Waals surface area contributed by atoms with Crippen LogP contribution >= 0.6 is 15.9 Å². The smallest absolute Gasteiger partial charge is 0.117 e. The van der Waals surface area contributed by atoms with Crippen LogP contribution < -0.4 is 5.73 Å². The van der Waals surface area contributed by atoms with Crippen molar-refractivity contribution in [2.24, 2.45) is 5.73 Å². The molecular formula is C17H24BrN3. The predicted molar refractivity (Wildman–Crippen MR) is 91.5 cm³/mol. The van der Waals surface area contributed by atoms with Crippen LogP contribution in [0.2, 0.25) is 0 Å². The number of benzene rings is 1. The first-order valence-electron chi connectivity index (χ1n) is 8.06. The van der Waals surface area contributed by atoms with E-state index in [-0.39, 0.29) is 5.41 Å². The van der Waals surface area contributed by atoms with Crippen molar-refractivity contribution in [3.8, 4) is 0 Å². The van der Waals surface area contributed by atoms with E-state index in [0.717, 1.165) is 16.5 Å². The van der Waals surface area contributed by atoms with E-state index in [0.29, 0.717) is 6.54 Å². The van der Waals surface area contributed by atoms with E-state index in [4.69, 9.17) is 10.7 Å². The van der Waals surface area contributed by atoms with Gasteiger partial charge in [-0.25, -0.2) is 4.98 Å². The summed E-state index contributed by atoms with van der Waals surface area (Å²) in [5.74, 6) is 1.21. The summed E-state index contributed by atoms with van der Waals surface area (Å²) in [6, 6.07) is 6.38. The van der Waals surface area contributed by atoms with Gasteiger partial charge in [-0.2, -0.15) is 0 Å². The maximum atomic E-state index is 6.25. The summed E-state index contributed by atoms with van der Waals surface area (Å²) in [6.45, 7) is 3.86. The molecule has 0 radical (unpaired) electrons. The van der Waals surface area contributed by atoms with Crippen molar-refractivity contribution in [2.45, 2.75) is 57.4 Å². The van der Waals surface area contributed by atoms with Crippen molar-refractivity contribution in [1.29, 1.82) is 0 Å². The summed E-state index contributed by atoms with van der Waals surface area (Å²) < 4.78 is 3.46. The number of fused-ring (bicyclic) bond motifs is 1. The maximum Gasteiger partial charge on any atom is 0.117 e. The average molecular weight is 350 g/mol. The Morgan fingerprint density at radius 3 is 2.57 bits per heavy atom. The highest BCUT2D eigenvalue weighted by Crippen LogP contribution is 2.38. The van der Waals surface area contributed by atoms with Crippen LogP contribution in [0.4, 0.5) is 0 Å². The second-order valence-electron chi connectivity index (χ2n) is 6.21. The van der Waals surface area contributed by atoms with Crippen LogP contribution in [0.1, 0.15) is 51.3 Å². The fourth-order valence-electron chi connectivity index (χ4n) is 3.75. The Labute approximate surface area is 135 Å². The van der Waals surface area contributed by atoms with Gasteiger partial charge in [-0.05, 0) is 38.0 Å². The molecular weight excluding hydrogens is 326 g/mol. The van der Waals surface area contributed by atoms with Gasteiger partial charge in [0.25, 0.3) is 0 Å². The summed E-state index contributed by atoms with van der Waals surface area (Å²) in [5.41, 5.74) is 8.63. The van der Waals surface area contributed by atoms with Crippen molar-refractivity contribution in [1.82, 2.24) is 9.55 Å². The monoisotopic (exact) mass is 349 g/mol. The van der Waals surface area contributed by atoms with Gasteiger partial charge in [0.15, 0.2) is 0 Å². The van der Waals surface area contributed by atoms with Crippen molar-refractivity contribution in [3.05, 3.63) is 28.5 Å². The van der Waals surface area contributed by atoms with Crippen molar-refractivity contribution < 1.29 is 0 Å². The van der Waals surface area contributed by atoms with E-state index in [1.165, 1.54) is 49.9 Å². The zero-order valence-electron chi connectivity index (χ0n) is 12.7. The first kappa shape index (κ1) is 15.0. The number of halogens is 1. The molecule has 2 aromatic rings. The van der Waals surface area contributed by atoms with Crippen LogP contribution in [0.5, 0.6) is 0 Å². The molecule has 0 saturated heterocycles. The quantitative estimate of drug-likeness (QED) is 0.836. The number of imidazole rings is 1. The minimum atomic E-state index is 0.0675. The Balaban J connectivity index is 2.16. The molecule has 1 fully saturated rings. The number of nitrogens with zero attached hydrogens (tertiary/aromatic N) is 2. The van der Waals surface area contributed by atoms with Crippen molar-refractivity contribution >= 4 is 27.0 Å². The minimum Gasteiger partial charge on any atom is -0.329 e. The molecule has 1 saturated carbocycles. The van der Waals surface area contributed by atoms with Gasteiger partial charge in [0.05, 0.1) is 11.0 Å². The lowest BCUT2D eigenvalue weighted by molar-refractivity contribution is 0.347. The molecule has 0 spiro atoms. The second-order valence-corrected chi connectivity index (χ2v) is 7.13. The topological polar surface area (TPSA) is 43.8 Å². The van der Waals surface area contributed by atoms with Gasteiger partial charge in [0.1, 0.15) is 5.82 Å². The molecule has 1 aliphatic carbocycles. The third-order valence-electron chi connectivity index (χ3n) is 4.95. The van der Waals surface area contributed by atoms with E-state index in [1.807, 2.05) is 0 Å². The molecule has 1 aromatic carbocycles. The highest BCUT2D eigenvalue weighted by atomic mass is 79.9. The number of aryl methyl sites for hydroxylation is 1. The number of rotatable bonds is 3. The van der Waals surface area contributed by atoms with Crippen LogP contribution in [0.25, 0.3) is 11.0 Å². The molecule has 0 amide bonds. The van der Waals surface area contributed by atoms with Crippen LogP contribution in [-0.2, 0) is 12.0 Å². The van der Waals surface area contributed by atoms with Gasteiger partial charge in [-0.1, -0.05) is 41.6 Å². The molecule has 0 bridgehead atoms. The zero-order valence-corrected chi connectivity index (χ0v) is 14.3. The Hall–Kier alpha value is -0.870. The summed E-state index contributed by atoms with van der Waals surface area (Å²) in [5, 5.41) is 0. The number of hydrogen-bond donors (Lipinski definition) is 1. The molecule has 0 unspecified atom stereocenters. The summed E-state index contributed by atoms with van der Waals surface area (Å²) >= 11 is 3.55. The summed E-state index contributed by atoms with van der Waals surface area (Å²) in [4.78, 5) is 5.01. The van der Waals surface area contributed by atoms with Gasteiger partial charge in [-0.15, -0.1) is 0 Å². The van der Waals surface area contributed by atoms with Gasteiger partial charge < -0.3 is 10.3 Å². The number of nitrogens with two attached hydrogens (primary N) is 1. The predicted octanol–water partition coefficient (Wildman–Crippen LogP) is 4.37. The first-order valence-corrected chi connectivity index (χ1v) is 8.86. The van der Waals surface area contributed by atoms with Crippen LogP contribution in [0.15, 0.2) is 22.7 Å². The van der Waals surface area contributed by atoms with E-state index in [2.05, 4.69) is 45.6 Å². The molecule has 1 heterocycles. The van der Waals surface area contributed by atoms with Crippen LogP contribution in [0.3, 0.4) is 0 Å². The van der Waals surface area contributed by atoms with Crippen molar-refractivity contribution in [2.75, 3.05) is 6.54 Å². The maximum absolute atomic E-state index is 6.25. The largest absolute Gasteiger partial charge is 0.329 e. The molecule has 1 aliphatic rings. The highest BCUT2D eigenvalue weighted by Gasteiger charge is 2.36. The van der Waals surface area contributed by atoms with Crippen LogP contribution in [-0.4, -0.2) is 16.1 Å². The standard InChI is InChI=1S/C17H24BrN3/c1-2-21-15-8-7-13(18)11-14(15)20-16(21)17(12-19)9-5-3-4-6-10-17/h7-8,11H,2-6,9-10,12,19H2,1H3. The molecule has 0 aliphatic heterocycles. The Bertz CT molecular complexity index is 624. The minimum absolute atomic E-state index is 0.0675. The van der Waals surface area contributed by atoms with E-state index >= 15 is 0 Å². The van der Waals surface area contributed by atoms with Gasteiger partial charge in [0.2, 0.25) is 0 Å². The summed E-state index contributed by atoms with van der Waals surface area (Å²) in [6.07, 6.45) is 7.56. The second kappa shape index (κ2) is 6.09. The fraction of sp³-hybridized carbons (Fsp3) is 0.588. The summed E-state index contributed by atoms with van der Waals surface area (Å²) in [7, 11) is 0. The third-order valence-corrected chi connectivity index (χ3v) is 5.45. The molecule has 4 heteroatoms. The van der Waals surface area contributed by atoms with E-state index < -0.39 is 0 Å². The lowest BCUT2D eigenvalue weighted by atomic mass is 9.79. The number of aromatic nitrogens is 2. The Kier molecular flexibility index (Phi) is 4.36. The fourth-order valence-corrected chi connectivity index (χ4v) is 4.10. The SMILES string of the molecule is CCn1c(C2(CN)CCCCCC2)nc2cc(Br)ccc21. The van der Waals surface area contributed by atoms with Gasteiger partial charge >= 0.3 is 0 Å². The molecule has 114 valence electrons. The first-order chi connectivity index (χ1) is 10.2. The van der Waals surface area contributed by atoms with Crippen LogP contribution in [0, 0.1) is 0 Å². The molecule has 3 nitrogen and oxygen atoms in total. The highest BCUT2D eigenvalue weighted by molar-refractivity contribution is 9.10. The lowest BCUT2D eigenvalue weighted by Gasteiger charge is -2.31. The third kappa shape index (κ3) is 2.64. The molecule has 0 atom stereocenters. The Morgan fingerprint density at radius 1 is 1.24 bits per heavy atom. The molecule has 21 heavy (non-hydrogen) atoms. The van der Waals surface area contributed by atoms with Gasteiger partial charge in [0, 0.05) is 23.0 Å². The van der Waals surface area contributed by atoms with E-state index in [9.17, 15) is 0 Å². The van der Waals surface area contributed by atoms with E-state index in [1.54, 1.807) is 0 Å². The molecule has 1 aromatic heterocycles. The Morgan fingerprint density at radius 2 is 1.95 bits per heavy atom. The lowest BCUT2D eigenvalue weighted by Crippen LogP contribution is -2.37. The number of hydrogen-bond acceptors (Lipinski definition) is 2. The van der Waals surface area contributed by atoms with Crippen molar-refractivity contribution in [3.63, 3.8) is 0 Å². The molecule has 3 rings (SSSR count). The zero-order chi connectivity index (χ0) is 14.9. The normalized spacial score (nSPS) is 18.8. The average Bonchev–Trinajstić information content (AvgIpc) is 2.69. The molecule has 2 N–H and O–H groups in total. The van der Waals surface area contributed by atoms with Gasteiger partial charge in [-0.3, -0.25) is 0 Å².